The van der Waals surface area contributed by atoms with Crippen molar-refractivity contribution in [3.63, 3.8) is 0 Å². The molecule has 2 aliphatic rings. The van der Waals surface area contributed by atoms with E-state index >= 15 is 0 Å². The second kappa shape index (κ2) is 9.91. The molecule has 2 fully saturated rings. The van der Waals surface area contributed by atoms with Gasteiger partial charge in [-0.1, -0.05) is 67.7 Å². The third-order valence-corrected chi connectivity index (χ3v) is 9.65. The number of carbonyl (C=O) groups is 4. The van der Waals surface area contributed by atoms with E-state index in [1.807, 2.05) is 19.9 Å². The summed E-state index contributed by atoms with van der Waals surface area (Å²) >= 11 is 13.4. The lowest BCUT2D eigenvalue weighted by atomic mass is 9.81. The summed E-state index contributed by atoms with van der Waals surface area (Å²) in [6.07, 6.45) is 0.918. The Morgan fingerprint density at radius 2 is 1.56 bits per heavy atom. The molecule has 2 aromatic carbocycles. The second-order valence-electron chi connectivity index (χ2n) is 8.77. The SMILES string of the molecule is Cc1ccc(C(=O)CN(C(=O)c2ccccc2Cl)N2C(=O)[C@@H]3C[C@@H](Br)[C@@H](Br)C[C@H]3C2=O)cc1C. The van der Waals surface area contributed by atoms with Gasteiger partial charge in [0.1, 0.15) is 6.54 Å². The molecule has 2 aromatic rings. The van der Waals surface area contributed by atoms with Gasteiger partial charge in [0.05, 0.1) is 22.4 Å². The van der Waals surface area contributed by atoms with Gasteiger partial charge in [-0.25, -0.2) is 5.01 Å². The predicted molar refractivity (Wildman–Crippen MR) is 136 cm³/mol. The Bertz CT molecular complexity index is 1160. The molecule has 3 amide bonds. The number of ketones is 1. The molecule has 0 radical (unpaired) electrons. The Hall–Kier alpha value is -2.03. The van der Waals surface area contributed by atoms with Gasteiger partial charge in [-0.2, -0.15) is 5.01 Å². The van der Waals surface area contributed by atoms with Gasteiger partial charge < -0.3 is 0 Å². The van der Waals surface area contributed by atoms with Crippen molar-refractivity contribution in [1.82, 2.24) is 10.0 Å². The molecule has 1 heterocycles. The summed E-state index contributed by atoms with van der Waals surface area (Å²) in [6.45, 7) is 3.37. The van der Waals surface area contributed by atoms with E-state index in [-0.39, 0.29) is 26.0 Å². The molecular weight excluding hydrogens is 588 g/mol. The number of amides is 3. The number of imide groups is 1. The van der Waals surface area contributed by atoms with Crippen LogP contribution in [0.5, 0.6) is 0 Å². The summed E-state index contributed by atoms with van der Waals surface area (Å²) in [5.41, 5.74) is 2.48. The van der Waals surface area contributed by atoms with E-state index in [0.29, 0.717) is 18.4 Å². The fraction of sp³-hybridized carbons (Fsp3) is 0.360. The van der Waals surface area contributed by atoms with Crippen LogP contribution in [-0.4, -0.2) is 49.7 Å². The largest absolute Gasteiger partial charge is 0.292 e. The van der Waals surface area contributed by atoms with Gasteiger partial charge in [0, 0.05) is 15.2 Å². The number of Topliss-reactive ketones (excluding diaryl/α,β-unsaturated/α-hetero) is 1. The van der Waals surface area contributed by atoms with Crippen molar-refractivity contribution >= 4 is 67.0 Å². The van der Waals surface area contributed by atoms with Gasteiger partial charge >= 0.3 is 0 Å². The molecule has 0 unspecified atom stereocenters. The van der Waals surface area contributed by atoms with E-state index in [1.54, 1.807) is 30.3 Å². The lowest BCUT2D eigenvalue weighted by Crippen LogP contribution is -2.52. The number of alkyl halides is 2. The number of halogens is 3. The van der Waals surface area contributed by atoms with Crippen LogP contribution in [-0.2, 0) is 9.59 Å². The zero-order chi connectivity index (χ0) is 24.7. The molecule has 0 spiro atoms. The molecule has 1 saturated heterocycles. The molecule has 1 saturated carbocycles. The topological polar surface area (TPSA) is 74.8 Å². The predicted octanol–water partition coefficient (Wildman–Crippen LogP) is 5.12. The number of hydrazine groups is 1. The summed E-state index contributed by atoms with van der Waals surface area (Å²) < 4.78 is 0. The van der Waals surface area contributed by atoms with Crippen molar-refractivity contribution in [1.29, 1.82) is 0 Å². The normalized spacial score (nSPS) is 24.2. The number of hydrogen-bond donors (Lipinski definition) is 0. The first-order valence-corrected chi connectivity index (χ1v) is 13.1. The second-order valence-corrected chi connectivity index (χ2v) is 11.5. The van der Waals surface area contributed by atoms with Crippen molar-refractivity contribution in [2.75, 3.05) is 6.54 Å². The van der Waals surface area contributed by atoms with E-state index in [2.05, 4.69) is 31.9 Å². The van der Waals surface area contributed by atoms with Crippen molar-refractivity contribution < 1.29 is 19.2 Å². The van der Waals surface area contributed by atoms with E-state index in [4.69, 9.17) is 11.6 Å². The molecule has 0 bridgehead atoms. The van der Waals surface area contributed by atoms with E-state index in [1.165, 1.54) is 6.07 Å². The standard InChI is InChI=1S/C25H23Br2ClN2O4/c1-13-7-8-15(9-14(13)2)22(31)12-29(23(32)16-5-3-4-6-21(16)28)30-24(33)17-10-19(26)20(27)11-18(17)25(30)34/h3-9,17-20H,10-12H2,1-2H3/t17-,18-,19-,20+/m1/s1. The van der Waals surface area contributed by atoms with Gasteiger partial charge in [0.2, 0.25) is 0 Å². The zero-order valence-corrected chi connectivity index (χ0v) is 22.6. The fourth-order valence-corrected chi connectivity index (χ4v) is 5.92. The minimum absolute atomic E-state index is 0.0235. The molecule has 4 atom stereocenters. The third-order valence-electron chi connectivity index (χ3n) is 6.59. The van der Waals surface area contributed by atoms with Crippen LogP contribution < -0.4 is 0 Å². The highest BCUT2D eigenvalue weighted by Gasteiger charge is 2.54. The highest BCUT2D eigenvalue weighted by molar-refractivity contribution is 9.12. The summed E-state index contributed by atoms with van der Waals surface area (Å²) in [7, 11) is 0. The maximum Gasteiger partial charge on any atom is 0.274 e. The highest BCUT2D eigenvalue weighted by Crippen LogP contribution is 2.43. The number of nitrogens with zero attached hydrogens (tertiary/aromatic N) is 2. The smallest absolute Gasteiger partial charge is 0.274 e. The average Bonchev–Trinajstić information content (AvgIpc) is 3.03. The summed E-state index contributed by atoms with van der Waals surface area (Å²) in [5.74, 6) is -3.09. The molecule has 34 heavy (non-hydrogen) atoms. The summed E-state index contributed by atoms with van der Waals surface area (Å²) in [5, 5.41) is 2.02. The first-order chi connectivity index (χ1) is 16.1. The Balaban J connectivity index is 1.72. The van der Waals surface area contributed by atoms with Gasteiger partial charge in [-0.3, -0.25) is 19.2 Å². The Morgan fingerprint density at radius 3 is 2.12 bits per heavy atom. The highest BCUT2D eigenvalue weighted by atomic mass is 79.9. The molecule has 0 aromatic heterocycles. The number of aryl methyl sites for hydroxylation is 2. The number of benzene rings is 2. The van der Waals surface area contributed by atoms with Gasteiger partial charge in [-0.05, 0) is 56.0 Å². The summed E-state index contributed by atoms with van der Waals surface area (Å²) in [6, 6.07) is 11.6. The fourth-order valence-electron chi connectivity index (χ4n) is 4.46. The van der Waals surface area contributed by atoms with Gasteiger partial charge in [0.15, 0.2) is 5.78 Å². The van der Waals surface area contributed by atoms with Crippen LogP contribution in [0, 0.1) is 25.7 Å². The number of fused-ring (bicyclic) bond motifs is 1. The zero-order valence-electron chi connectivity index (χ0n) is 18.6. The maximum atomic E-state index is 13.6. The van der Waals surface area contributed by atoms with E-state index < -0.39 is 36.1 Å². The molecule has 9 heteroatoms. The van der Waals surface area contributed by atoms with Gasteiger partial charge in [0.25, 0.3) is 17.7 Å². The van der Waals surface area contributed by atoms with Crippen molar-refractivity contribution in [2.24, 2.45) is 11.8 Å². The molecule has 1 aliphatic carbocycles. The number of hydrogen-bond acceptors (Lipinski definition) is 4. The summed E-state index contributed by atoms with van der Waals surface area (Å²) in [4.78, 5) is 53.7. The van der Waals surface area contributed by atoms with Crippen LogP contribution in [0.2, 0.25) is 5.02 Å². The first-order valence-electron chi connectivity index (χ1n) is 10.9. The lowest BCUT2D eigenvalue weighted by molar-refractivity contribution is -0.154. The number of rotatable bonds is 5. The Labute approximate surface area is 219 Å². The van der Waals surface area contributed by atoms with E-state index in [0.717, 1.165) is 21.1 Å². The molecule has 0 N–H and O–H groups in total. The molecular formula is C25H23Br2ClN2O4. The Morgan fingerprint density at radius 1 is 0.971 bits per heavy atom. The average molecular weight is 611 g/mol. The molecule has 6 nitrogen and oxygen atoms in total. The van der Waals surface area contributed by atoms with Crippen LogP contribution in [0.3, 0.4) is 0 Å². The van der Waals surface area contributed by atoms with Crippen LogP contribution in [0.25, 0.3) is 0 Å². The van der Waals surface area contributed by atoms with Crippen LogP contribution >= 0.6 is 43.5 Å². The molecule has 1 aliphatic heterocycles. The van der Waals surface area contributed by atoms with Crippen molar-refractivity contribution in [3.8, 4) is 0 Å². The first kappa shape index (κ1) is 25.1. The molecule has 4 rings (SSSR count). The minimum atomic E-state index is -0.672. The minimum Gasteiger partial charge on any atom is -0.292 e. The van der Waals surface area contributed by atoms with Crippen LogP contribution in [0.4, 0.5) is 0 Å². The van der Waals surface area contributed by atoms with Crippen molar-refractivity contribution in [3.05, 3.63) is 69.7 Å². The van der Waals surface area contributed by atoms with Gasteiger partial charge in [-0.15, -0.1) is 0 Å². The van der Waals surface area contributed by atoms with Crippen LogP contribution in [0.1, 0.15) is 44.7 Å². The monoisotopic (exact) mass is 608 g/mol. The lowest BCUT2D eigenvalue weighted by Gasteiger charge is -2.30. The van der Waals surface area contributed by atoms with E-state index in [9.17, 15) is 19.2 Å². The Kier molecular flexibility index (Phi) is 7.31. The van der Waals surface area contributed by atoms with Crippen LogP contribution in [0.15, 0.2) is 42.5 Å². The maximum absolute atomic E-state index is 13.6. The third kappa shape index (κ3) is 4.60. The molecule has 178 valence electrons. The number of carbonyl (C=O) groups excluding carboxylic acids is 4. The van der Waals surface area contributed by atoms with Crippen molar-refractivity contribution in [2.45, 2.75) is 36.3 Å². The quantitative estimate of drug-likeness (QED) is 0.268.